The fourth-order valence-corrected chi connectivity index (χ4v) is 2.59. The van der Waals surface area contributed by atoms with Gasteiger partial charge in [0.05, 0.1) is 7.11 Å². The van der Waals surface area contributed by atoms with Crippen molar-refractivity contribution < 1.29 is 14.3 Å². The van der Waals surface area contributed by atoms with Crippen LogP contribution in [0.25, 0.3) is 0 Å². The van der Waals surface area contributed by atoms with Crippen LogP contribution in [0.4, 0.5) is 4.79 Å². The molecule has 5 heteroatoms. The van der Waals surface area contributed by atoms with Gasteiger partial charge in [0, 0.05) is 19.0 Å². The van der Waals surface area contributed by atoms with Gasteiger partial charge in [0.2, 0.25) is 0 Å². The lowest BCUT2D eigenvalue weighted by Gasteiger charge is -2.26. The molecule has 114 valence electrons. The number of carbonyl (C=O) groups is 2. The lowest BCUT2D eigenvalue weighted by molar-refractivity contribution is -0.146. The molecule has 1 heterocycles. The largest absolute Gasteiger partial charge is 0.467 e. The zero-order valence-corrected chi connectivity index (χ0v) is 12.8. The van der Waals surface area contributed by atoms with E-state index in [0.717, 1.165) is 6.42 Å². The van der Waals surface area contributed by atoms with Crippen molar-refractivity contribution in [3.05, 3.63) is 35.9 Å². The molecule has 0 radical (unpaired) electrons. The first kappa shape index (κ1) is 15.4. The molecular weight excluding hydrogens is 268 g/mol. The second kappa shape index (κ2) is 6.16. The Kier molecular flexibility index (Phi) is 4.50. The summed E-state index contributed by atoms with van der Waals surface area (Å²) in [7, 11) is 1.32. The molecule has 21 heavy (non-hydrogen) atoms. The third-order valence-electron chi connectivity index (χ3n) is 3.86. The minimum Gasteiger partial charge on any atom is -0.467 e. The van der Waals surface area contributed by atoms with E-state index in [1.54, 1.807) is 18.7 Å². The van der Waals surface area contributed by atoms with Crippen LogP contribution in [0.15, 0.2) is 30.3 Å². The predicted molar refractivity (Wildman–Crippen MR) is 80.0 cm³/mol. The quantitative estimate of drug-likeness (QED) is 0.868. The van der Waals surface area contributed by atoms with Gasteiger partial charge in [-0.1, -0.05) is 30.3 Å². The van der Waals surface area contributed by atoms with Crippen molar-refractivity contribution in [2.24, 2.45) is 0 Å². The maximum absolute atomic E-state index is 12.3. The van der Waals surface area contributed by atoms with E-state index in [1.165, 1.54) is 12.7 Å². The maximum Gasteiger partial charge on any atom is 0.331 e. The highest BCUT2D eigenvalue weighted by Crippen LogP contribution is 2.27. The molecule has 1 aliphatic rings. The Morgan fingerprint density at radius 3 is 2.57 bits per heavy atom. The van der Waals surface area contributed by atoms with E-state index in [9.17, 15) is 9.59 Å². The Labute approximate surface area is 125 Å². The molecule has 1 atom stereocenters. The molecule has 1 fully saturated rings. The number of urea groups is 1. The first-order chi connectivity index (χ1) is 9.94. The monoisotopic (exact) mass is 290 g/mol. The molecule has 0 aromatic heterocycles. The normalized spacial score (nSPS) is 18.4. The molecule has 0 spiro atoms. The number of hydrogen-bond donors (Lipinski definition) is 1. The highest BCUT2D eigenvalue weighted by Gasteiger charge is 2.34. The van der Waals surface area contributed by atoms with Crippen LogP contribution < -0.4 is 5.32 Å². The van der Waals surface area contributed by atoms with E-state index < -0.39 is 11.5 Å². The summed E-state index contributed by atoms with van der Waals surface area (Å²) in [6, 6.07) is 9.97. The summed E-state index contributed by atoms with van der Waals surface area (Å²) < 4.78 is 4.70. The first-order valence-corrected chi connectivity index (χ1v) is 7.14. The van der Waals surface area contributed by atoms with Gasteiger partial charge in [0.15, 0.2) is 0 Å². The number of methoxy groups -OCH3 is 1. The Hall–Kier alpha value is -2.04. The highest BCUT2D eigenvalue weighted by atomic mass is 16.5. The molecule has 0 saturated carbocycles. The molecule has 1 aromatic carbocycles. The van der Waals surface area contributed by atoms with Gasteiger partial charge >= 0.3 is 12.0 Å². The fourth-order valence-electron chi connectivity index (χ4n) is 2.59. The van der Waals surface area contributed by atoms with Gasteiger partial charge in [-0.25, -0.2) is 9.59 Å². The Morgan fingerprint density at radius 1 is 1.29 bits per heavy atom. The van der Waals surface area contributed by atoms with E-state index >= 15 is 0 Å². The third kappa shape index (κ3) is 3.54. The molecule has 1 aliphatic heterocycles. The zero-order chi connectivity index (χ0) is 15.5. The van der Waals surface area contributed by atoms with Crippen molar-refractivity contribution in [3.8, 4) is 0 Å². The molecular formula is C16H22N2O3. The van der Waals surface area contributed by atoms with Crippen molar-refractivity contribution >= 4 is 12.0 Å². The summed E-state index contributed by atoms with van der Waals surface area (Å²) in [4.78, 5) is 25.6. The number of amides is 2. The highest BCUT2D eigenvalue weighted by molar-refractivity contribution is 5.86. The van der Waals surface area contributed by atoms with Gasteiger partial charge in [0.25, 0.3) is 0 Å². The van der Waals surface area contributed by atoms with Gasteiger partial charge in [-0.15, -0.1) is 0 Å². The van der Waals surface area contributed by atoms with Crippen LogP contribution in [0.3, 0.4) is 0 Å². The number of benzene rings is 1. The summed E-state index contributed by atoms with van der Waals surface area (Å²) in [6.45, 7) is 4.65. The summed E-state index contributed by atoms with van der Waals surface area (Å²) in [5.41, 5.74) is 0.233. The number of esters is 1. The van der Waals surface area contributed by atoms with Crippen LogP contribution in [0, 0.1) is 0 Å². The maximum atomic E-state index is 12.3. The van der Waals surface area contributed by atoms with Crippen molar-refractivity contribution in [1.29, 1.82) is 0 Å². The number of nitrogens with zero attached hydrogens (tertiary/aromatic N) is 1. The van der Waals surface area contributed by atoms with Crippen LogP contribution in [-0.4, -0.2) is 42.6 Å². The van der Waals surface area contributed by atoms with Crippen LogP contribution in [0.5, 0.6) is 0 Å². The predicted octanol–water partition coefficient (Wildman–Crippen LogP) is 2.14. The van der Waals surface area contributed by atoms with Crippen molar-refractivity contribution in [2.75, 3.05) is 20.2 Å². The van der Waals surface area contributed by atoms with Crippen molar-refractivity contribution in [3.63, 3.8) is 0 Å². The van der Waals surface area contributed by atoms with Crippen molar-refractivity contribution in [2.45, 2.75) is 31.7 Å². The summed E-state index contributed by atoms with van der Waals surface area (Å²) in [6.07, 6.45) is 0.941. The van der Waals surface area contributed by atoms with Gasteiger partial charge in [-0.05, 0) is 25.8 Å². The van der Waals surface area contributed by atoms with E-state index in [0.29, 0.717) is 19.0 Å². The number of likely N-dealkylation sites (tertiary alicyclic amines) is 1. The van der Waals surface area contributed by atoms with Crippen molar-refractivity contribution in [1.82, 2.24) is 10.2 Å². The lowest BCUT2D eigenvalue weighted by Crippen LogP contribution is -2.54. The third-order valence-corrected chi connectivity index (χ3v) is 3.86. The molecule has 1 unspecified atom stereocenters. The molecule has 0 aliphatic carbocycles. The van der Waals surface area contributed by atoms with Crippen LogP contribution >= 0.6 is 0 Å². The van der Waals surface area contributed by atoms with Gasteiger partial charge in [0.1, 0.15) is 5.54 Å². The topological polar surface area (TPSA) is 58.6 Å². The molecule has 1 saturated heterocycles. The van der Waals surface area contributed by atoms with E-state index in [1.807, 2.05) is 18.2 Å². The molecule has 1 N–H and O–H groups in total. The number of carbonyl (C=O) groups excluding carboxylic acids is 2. The second-order valence-corrected chi connectivity index (χ2v) is 5.89. The summed E-state index contributed by atoms with van der Waals surface area (Å²) in [5.74, 6) is -0.0900. The Bertz CT molecular complexity index is 514. The SMILES string of the molecule is COC(=O)C(C)(C)NC(=O)N1CCC(c2ccccc2)C1. The number of ether oxygens (including phenoxy) is 1. The smallest absolute Gasteiger partial charge is 0.331 e. The standard InChI is InChI=1S/C16H22N2O3/c1-16(2,14(19)21-3)17-15(20)18-10-9-13(11-18)12-7-5-4-6-8-12/h4-8,13H,9-11H2,1-3H3,(H,17,20). The minimum atomic E-state index is -1.02. The lowest BCUT2D eigenvalue weighted by atomic mass is 9.99. The molecule has 2 rings (SSSR count). The van der Waals surface area contributed by atoms with Crippen LogP contribution in [0.2, 0.25) is 0 Å². The summed E-state index contributed by atoms with van der Waals surface area (Å²) >= 11 is 0. The molecule has 1 aromatic rings. The van der Waals surface area contributed by atoms with E-state index in [2.05, 4.69) is 17.4 Å². The van der Waals surface area contributed by atoms with Gasteiger partial charge < -0.3 is 15.0 Å². The first-order valence-electron chi connectivity index (χ1n) is 7.14. The average Bonchev–Trinajstić information content (AvgIpc) is 2.96. The Balaban J connectivity index is 1.95. The average molecular weight is 290 g/mol. The summed E-state index contributed by atoms with van der Waals surface area (Å²) in [5, 5.41) is 2.73. The second-order valence-electron chi connectivity index (χ2n) is 5.89. The number of hydrogen-bond acceptors (Lipinski definition) is 3. The molecule has 5 nitrogen and oxygen atoms in total. The zero-order valence-electron chi connectivity index (χ0n) is 12.8. The van der Waals surface area contributed by atoms with Gasteiger partial charge in [-0.3, -0.25) is 0 Å². The fraction of sp³-hybridized carbons (Fsp3) is 0.500. The van der Waals surface area contributed by atoms with Crippen LogP contribution in [0.1, 0.15) is 31.7 Å². The number of rotatable bonds is 3. The number of nitrogens with one attached hydrogen (secondary N) is 1. The minimum absolute atomic E-state index is 0.219. The molecule has 2 amide bonds. The van der Waals surface area contributed by atoms with Gasteiger partial charge in [-0.2, -0.15) is 0 Å². The van der Waals surface area contributed by atoms with E-state index in [4.69, 9.17) is 4.74 Å². The van der Waals surface area contributed by atoms with Crippen LogP contribution in [-0.2, 0) is 9.53 Å². The Morgan fingerprint density at radius 2 is 1.95 bits per heavy atom. The molecule has 0 bridgehead atoms. The van der Waals surface area contributed by atoms with E-state index in [-0.39, 0.29) is 6.03 Å².